The Morgan fingerprint density at radius 3 is 2.51 bits per heavy atom. The normalized spacial score (nSPS) is 28.2. The molecule has 0 aliphatic carbocycles. The summed E-state index contributed by atoms with van der Waals surface area (Å²) in [4.78, 5) is 36.3. The zero-order valence-electron chi connectivity index (χ0n) is 19.1. The van der Waals surface area contributed by atoms with Crippen molar-refractivity contribution >= 4 is 22.8 Å². The fourth-order valence-corrected chi connectivity index (χ4v) is 3.95. The molecule has 13 heteroatoms. The van der Waals surface area contributed by atoms with Crippen LogP contribution in [0.3, 0.4) is 0 Å². The predicted octanol–water partition coefficient (Wildman–Crippen LogP) is -2.31. The maximum absolute atomic E-state index is 12.9. The Bertz CT molecular complexity index is 1150. The number of rotatable bonds is 7. The zero-order valence-corrected chi connectivity index (χ0v) is 19.1. The van der Waals surface area contributed by atoms with Crippen molar-refractivity contribution in [3.05, 3.63) is 40.2 Å². The highest BCUT2D eigenvalue weighted by molar-refractivity contribution is 5.82. The van der Waals surface area contributed by atoms with E-state index in [0.29, 0.717) is 10.9 Å². The molecule has 35 heavy (non-hydrogen) atoms. The number of nitrogens with one attached hydrogen (secondary N) is 1. The van der Waals surface area contributed by atoms with Crippen LogP contribution in [0.4, 0.5) is 0 Å². The minimum atomic E-state index is -2.80. The average molecular weight is 497 g/mol. The van der Waals surface area contributed by atoms with Gasteiger partial charge in [0, 0.05) is 24.4 Å². The Hall–Kier alpha value is -3.07. The first-order chi connectivity index (χ1) is 16.4. The number of hydrogen-bond acceptors (Lipinski definition) is 12. The summed E-state index contributed by atoms with van der Waals surface area (Å²) in [5.41, 5.74) is 0.0504. The average Bonchev–Trinajstić information content (AvgIpc) is 2.81. The smallest absolute Gasteiger partial charge is 0.382 e. The summed E-state index contributed by atoms with van der Waals surface area (Å²) in [7, 11) is 0.951. The van der Waals surface area contributed by atoms with Crippen LogP contribution in [0.5, 0.6) is 5.75 Å². The molecule has 192 valence electrons. The third kappa shape index (κ3) is 5.00. The number of carbonyl (C=O) groups excluding carboxylic acids is 2. The van der Waals surface area contributed by atoms with Crippen molar-refractivity contribution < 1.29 is 53.7 Å². The highest BCUT2D eigenvalue weighted by atomic mass is 16.7. The molecule has 1 amide bonds. The maximum Gasteiger partial charge on any atom is 0.382 e. The summed E-state index contributed by atoms with van der Waals surface area (Å²) in [5.74, 6) is -4.97. The van der Waals surface area contributed by atoms with Crippen molar-refractivity contribution in [1.82, 2.24) is 5.32 Å². The lowest BCUT2D eigenvalue weighted by molar-refractivity contribution is -0.323. The summed E-state index contributed by atoms with van der Waals surface area (Å²) < 4.78 is 21.2. The number of esters is 1. The number of carbonyl (C=O) groups is 2. The maximum atomic E-state index is 12.9. The molecule has 7 atom stereocenters. The molecule has 0 spiro atoms. The van der Waals surface area contributed by atoms with Gasteiger partial charge in [0.1, 0.15) is 35.7 Å². The summed E-state index contributed by atoms with van der Waals surface area (Å²) in [5, 5.41) is 54.4. The van der Waals surface area contributed by atoms with Crippen molar-refractivity contribution in [3.8, 4) is 5.75 Å². The number of ether oxygens (including phenoxy) is 3. The van der Waals surface area contributed by atoms with Gasteiger partial charge in [-0.2, -0.15) is 0 Å². The second-order valence-corrected chi connectivity index (χ2v) is 8.15. The summed E-state index contributed by atoms with van der Waals surface area (Å²) in [6.45, 7) is 1.84. The monoisotopic (exact) mass is 497 g/mol. The van der Waals surface area contributed by atoms with E-state index in [9.17, 15) is 39.9 Å². The molecule has 1 fully saturated rings. The number of aryl methyl sites for hydroxylation is 1. The molecule has 0 bridgehead atoms. The second-order valence-electron chi connectivity index (χ2n) is 8.15. The Morgan fingerprint density at radius 2 is 1.91 bits per heavy atom. The van der Waals surface area contributed by atoms with Gasteiger partial charge < -0.3 is 49.5 Å². The van der Waals surface area contributed by atoms with Crippen molar-refractivity contribution in [3.63, 3.8) is 0 Å². The molecule has 6 N–H and O–H groups in total. The zero-order chi connectivity index (χ0) is 26.1. The molecule has 0 unspecified atom stereocenters. The predicted molar refractivity (Wildman–Crippen MR) is 116 cm³/mol. The Kier molecular flexibility index (Phi) is 7.79. The molecule has 1 aliphatic rings. The van der Waals surface area contributed by atoms with Crippen molar-refractivity contribution in [2.24, 2.45) is 0 Å². The fourth-order valence-electron chi connectivity index (χ4n) is 3.95. The van der Waals surface area contributed by atoms with Crippen LogP contribution in [0.1, 0.15) is 12.5 Å². The first-order valence-electron chi connectivity index (χ1n) is 10.5. The highest BCUT2D eigenvalue weighted by Gasteiger charge is 2.63. The molecule has 1 aromatic heterocycles. The molecule has 3 rings (SSSR count). The van der Waals surface area contributed by atoms with E-state index in [1.54, 1.807) is 6.92 Å². The molecule has 2 heterocycles. The van der Waals surface area contributed by atoms with Crippen LogP contribution in [0.15, 0.2) is 33.5 Å². The summed E-state index contributed by atoms with van der Waals surface area (Å²) >= 11 is 0. The minimum absolute atomic E-state index is 0.0850. The molecule has 1 saturated heterocycles. The van der Waals surface area contributed by atoms with E-state index >= 15 is 0 Å². The summed E-state index contributed by atoms with van der Waals surface area (Å²) in [6, 6.07) is 3.88. The lowest BCUT2D eigenvalue weighted by Gasteiger charge is -2.49. The van der Waals surface area contributed by atoms with Crippen LogP contribution in [0.25, 0.3) is 11.0 Å². The van der Waals surface area contributed by atoms with Gasteiger partial charge in [-0.1, -0.05) is 0 Å². The number of aliphatic hydroxyl groups is 5. The molecular weight excluding hydrogens is 470 g/mol. The molecule has 2 aromatic rings. The van der Waals surface area contributed by atoms with E-state index in [1.165, 1.54) is 24.3 Å². The van der Waals surface area contributed by atoms with Gasteiger partial charge in [-0.3, -0.25) is 4.79 Å². The Balaban J connectivity index is 2.11. The highest BCUT2D eigenvalue weighted by Crippen LogP contribution is 2.36. The van der Waals surface area contributed by atoms with Gasteiger partial charge in [0.2, 0.25) is 5.91 Å². The van der Waals surface area contributed by atoms with Crippen molar-refractivity contribution in [2.45, 2.75) is 56.2 Å². The van der Waals surface area contributed by atoms with E-state index in [2.05, 4.69) is 5.32 Å². The second kappa shape index (κ2) is 10.3. The third-order valence-electron chi connectivity index (χ3n) is 5.70. The molecule has 1 aromatic carbocycles. The molecule has 1 aliphatic heterocycles. The number of methoxy groups -OCH3 is 1. The van der Waals surface area contributed by atoms with Crippen LogP contribution in [0.2, 0.25) is 0 Å². The van der Waals surface area contributed by atoms with Crippen LogP contribution < -0.4 is 15.7 Å². The number of amides is 1. The SMILES string of the molecule is COC(=O)[C@]1(Oc2ccc3c(C)cc(=O)oc3c2)O[C@@H]([C@H](O)[C@H](O)CO)[C@H](NC(C)=O)[C@@H](O)[C@@H]1O. The molecule has 0 radical (unpaired) electrons. The first kappa shape index (κ1) is 26.5. The summed E-state index contributed by atoms with van der Waals surface area (Å²) in [6.07, 6.45) is -9.69. The van der Waals surface area contributed by atoms with Gasteiger partial charge in [0.25, 0.3) is 0 Å². The van der Waals surface area contributed by atoms with Crippen molar-refractivity contribution in [2.75, 3.05) is 13.7 Å². The van der Waals surface area contributed by atoms with Gasteiger partial charge in [-0.25, -0.2) is 9.59 Å². The van der Waals surface area contributed by atoms with Crippen LogP contribution in [-0.2, 0) is 19.1 Å². The fraction of sp³-hybridized carbons (Fsp3) is 0.500. The Morgan fingerprint density at radius 1 is 1.23 bits per heavy atom. The van der Waals surface area contributed by atoms with Gasteiger partial charge >= 0.3 is 17.4 Å². The standard InChI is InChI=1S/C22H27NO12/c1-9-6-15(27)33-14-7-11(4-5-12(9)14)34-22(21(31)32-3)20(30)18(29)16(23-10(2)25)19(35-22)17(28)13(26)8-24/h4-7,13,16-20,24,26,28-30H,8H2,1-3H3,(H,23,25)/t13-,16-,17-,18-,19-,20+,22-/m1/s1. The van der Waals surface area contributed by atoms with E-state index in [-0.39, 0.29) is 11.3 Å². The first-order valence-corrected chi connectivity index (χ1v) is 10.5. The molecule has 0 saturated carbocycles. The van der Waals surface area contributed by atoms with E-state index in [0.717, 1.165) is 14.0 Å². The van der Waals surface area contributed by atoms with Crippen LogP contribution in [0, 0.1) is 6.92 Å². The van der Waals surface area contributed by atoms with Gasteiger partial charge in [0.15, 0.2) is 6.10 Å². The van der Waals surface area contributed by atoms with Gasteiger partial charge in [-0.05, 0) is 24.6 Å². The molecule has 13 nitrogen and oxygen atoms in total. The van der Waals surface area contributed by atoms with E-state index in [4.69, 9.17) is 18.6 Å². The topological polar surface area (TPSA) is 205 Å². The quantitative estimate of drug-likeness (QED) is 0.176. The van der Waals surface area contributed by atoms with E-state index in [1.807, 2.05) is 0 Å². The Labute approximate surface area is 198 Å². The minimum Gasteiger partial charge on any atom is -0.464 e. The number of fused-ring (bicyclic) bond motifs is 1. The van der Waals surface area contributed by atoms with E-state index < -0.39 is 66.5 Å². The number of hydrogen-bond donors (Lipinski definition) is 6. The number of benzene rings is 1. The van der Waals surface area contributed by atoms with Crippen LogP contribution in [-0.4, -0.2) is 93.5 Å². The van der Waals surface area contributed by atoms with Crippen molar-refractivity contribution in [1.29, 1.82) is 0 Å². The number of aliphatic hydroxyl groups excluding tert-OH is 5. The van der Waals surface area contributed by atoms with Gasteiger partial charge in [0.05, 0.1) is 19.8 Å². The molecular formula is C22H27NO12. The largest absolute Gasteiger partial charge is 0.464 e. The van der Waals surface area contributed by atoms with Crippen LogP contribution >= 0.6 is 0 Å². The van der Waals surface area contributed by atoms with Gasteiger partial charge in [-0.15, -0.1) is 0 Å². The lowest BCUT2D eigenvalue weighted by Crippen LogP contribution is -2.75. The third-order valence-corrected chi connectivity index (χ3v) is 5.70. The lowest BCUT2D eigenvalue weighted by atomic mass is 9.86.